The lowest BCUT2D eigenvalue weighted by molar-refractivity contribution is -0.131. The molecule has 0 saturated heterocycles. The van der Waals surface area contributed by atoms with Crippen LogP contribution < -0.4 is 0 Å². The van der Waals surface area contributed by atoms with Gasteiger partial charge >= 0.3 is 11.9 Å². The number of Topliss-reactive ketones (excluding diaryl/α,β-unsaturated/α-hetero) is 1. The van der Waals surface area contributed by atoms with Crippen LogP contribution >= 0.6 is 11.6 Å². The predicted molar refractivity (Wildman–Crippen MR) is 78.7 cm³/mol. The SMILES string of the molecule is CCOC(=O)c1cccc(C(=O)CCCl)c1/C=C/C(=O)O. The van der Waals surface area contributed by atoms with Crippen LogP contribution in [0.15, 0.2) is 24.3 Å². The summed E-state index contributed by atoms with van der Waals surface area (Å²) >= 11 is 5.55. The van der Waals surface area contributed by atoms with Crippen LogP contribution in [0.25, 0.3) is 6.08 Å². The molecule has 5 nitrogen and oxygen atoms in total. The molecule has 0 atom stereocenters. The molecule has 1 N–H and O–H groups in total. The number of hydrogen-bond acceptors (Lipinski definition) is 4. The van der Waals surface area contributed by atoms with Gasteiger partial charge in [0, 0.05) is 23.9 Å². The Bertz CT molecular complexity index is 541. The molecule has 1 aromatic rings. The van der Waals surface area contributed by atoms with Crippen molar-refractivity contribution >= 4 is 35.4 Å². The van der Waals surface area contributed by atoms with Gasteiger partial charge < -0.3 is 9.84 Å². The lowest BCUT2D eigenvalue weighted by atomic mass is 9.96. The van der Waals surface area contributed by atoms with Crippen LogP contribution in [-0.2, 0) is 9.53 Å². The van der Waals surface area contributed by atoms with Crippen molar-refractivity contribution in [2.45, 2.75) is 13.3 Å². The molecule has 0 radical (unpaired) electrons. The van der Waals surface area contributed by atoms with Gasteiger partial charge in [0.25, 0.3) is 0 Å². The van der Waals surface area contributed by atoms with Crippen molar-refractivity contribution in [1.82, 2.24) is 0 Å². The van der Waals surface area contributed by atoms with Crippen LogP contribution in [-0.4, -0.2) is 35.3 Å². The number of alkyl halides is 1. The monoisotopic (exact) mass is 310 g/mol. The Labute approximate surface area is 127 Å². The van der Waals surface area contributed by atoms with Crippen molar-refractivity contribution in [3.05, 3.63) is 41.0 Å². The first kappa shape index (κ1) is 16.9. The Morgan fingerprint density at radius 3 is 2.52 bits per heavy atom. The highest BCUT2D eigenvalue weighted by molar-refractivity contribution is 6.20. The number of carboxylic acids is 1. The van der Waals surface area contributed by atoms with Gasteiger partial charge in [0.15, 0.2) is 5.78 Å². The normalized spacial score (nSPS) is 10.6. The highest BCUT2D eigenvalue weighted by Gasteiger charge is 2.18. The molecular weight excluding hydrogens is 296 g/mol. The third-order valence-electron chi connectivity index (χ3n) is 2.62. The molecule has 0 bridgehead atoms. The highest BCUT2D eigenvalue weighted by Crippen LogP contribution is 2.20. The number of aliphatic carboxylic acids is 1. The molecule has 0 spiro atoms. The molecule has 0 aliphatic heterocycles. The van der Waals surface area contributed by atoms with Crippen molar-refractivity contribution in [2.24, 2.45) is 0 Å². The first-order valence-corrected chi connectivity index (χ1v) is 6.85. The first-order chi connectivity index (χ1) is 10.0. The van der Waals surface area contributed by atoms with Crippen molar-refractivity contribution in [3.63, 3.8) is 0 Å². The summed E-state index contributed by atoms with van der Waals surface area (Å²) in [7, 11) is 0. The Morgan fingerprint density at radius 1 is 1.29 bits per heavy atom. The van der Waals surface area contributed by atoms with Crippen LogP contribution in [0.5, 0.6) is 0 Å². The van der Waals surface area contributed by atoms with Gasteiger partial charge in [0.1, 0.15) is 0 Å². The quantitative estimate of drug-likeness (QED) is 0.362. The predicted octanol–water partition coefficient (Wildman–Crippen LogP) is 2.77. The number of rotatable bonds is 7. The fourth-order valence-corrected chi connectivity index (χ4v) is 1.92. The van der Waals surface area contributed by atoms with Gasteiger partial charge in [-0.3, -0.25) is 4.79 Å². The number of ether oxygens (including phenoxy) is 1. The van der Waals surface area contributed by atoms with Gasteiger partial charge in [0.2, 0.25) is 0 Å². The summed E-state index contributed by atoms with van der Waals surface area (Å²) in [6, 6.07) is 4.56. The van der Waals surface area contributed by atoms with E-state index >= 15 is 0 Å². The molecule has 0 saturated carbocycles. The van der Waals surface area contributed by atoms with E-state index in [9.17, 15) is 14.4 Å². The van der Waals surface area contributed by atoms with Gasteiger partial charge in [-0.2, -0.15) is 0 Å². The van der Waals surface area contributed by atoms with Crippen LogP contribution in [0.3, 0.4) is 0 Å². The average molecular weight is 311 g/mol. The zero-order valence-corrected chi connectivity index (χ0v) is 12.2. The third-order valence-corrected chi connectivity index (χ3v) is 2.80. The number of carbonyl (C=O) groups excluding carboxylic acids is 2. The summed E-state index contributed by atoms with van der Waals surface area (Å²) in [5.41, 5.74) is 0.627. The van der Waals surface area contributed by atoms with E-state index in [-0.39, 0.29) is 41.4 Å². The van der Waals surface area contributed by atoms with Crippen molar-refractivity contribution in [2.75, 3.05) is 12.5 Å². The number of hydrogen-bond donors (Lipinski definition) is 1. The second-order valence-corrected chi connectivity index (χ2v) is 4.40. The maximum absolute atomic E-state index is 12.0. The van der Waals surface area contributed by atoms with E-state index in [0.717, 1.165) is 6.08 Å². The van der Waals surface area contributed by atoms with E-state index in [1.807, 2.05) is 0 Å². The van der Waals surface area contributed by atoms with E-state index in [4.69, 9.17) is 21.4 Å². The number of carbonyl (C=O) groups is 3. The minimum Gasteiger partial charge on any atom is -0.478 e. The minimum absolute atomic E-state index is 0.0990. The van der Waals surface area contributed by atoms with Crippen LogP contribution in [0.2, 0.25) is 0 Å². The van der Waals surface area contributed by atoms with E-state index in [0.29, 0.717) is 0 Å². The largest absolute Gasteiger partial charge is 0.478 e. The fraction of sp³-hybridized carbons (Fsp3) is 0.267. The fourth-order valence-electron chi connectivity index (χ4n) is 1.75. The molecule has 6 heteroatoms. The maximum atomic E-state index is 12.0. The molecular formula is C15H15ClO5. The molecule has 1 rings (SSSR count). The van der Waals surface area contributed by atoms with Crippen LogP contribution in [0.1, 0.15) is 39.6 Å². The maximum Gasteiger partial charge on any atom is 0.338 e. The zero-order chi connectivity index (χ0) is 15.8. The second-order valence-electron chi connectivity index (χ2n) is 4.02. The summed E-state index contributed by atoms with van der Waals surface area (Å²) in [5.74, 6) is -1.90. The van der Waals surface area contributed by atoms with Crippen molar-refractivity contribution in [3.8, 4) is 0 Å². The van der Waals surface area contributed by atoms with E-state index in [2.05, 4.69) is 0 Å². The lowest BCUT2D eigenvalue weighted by Crippen LogP contribution is -2.11. The van der Waals surface area contributed by atoms with Gasteiger partial charge in [-0.15, -0.1) is 11.6 Å². The molecule has 0 aliphatic rings. The lowest BCUT2D eigenvalue weighted by Gasteiger charge is -2.10. The summed E-state index contributed by atoms with van der Waals surface area (Å²) in [4.78, 5) is 34.6. The number of carboxylic acid groups (broad SMARTS) is 1. The average Bonchev–Trinajstić information content (AvgIpc) is 2.45. The molecule has 0 amide bonds. The summed E-state index contributed by atoms with van der Waals surface area (Å²) in [6.07, 6.45) is 2.19. The van der Waals surface area contributed by atoms with Crippen LogP contribution in [0.4, 0.5) is 0 Å². The molecule has 0 aliphatic carbocycles. The molecule has 112 valence electrons. The van der Waals surface area contributed by atoms with Crippen molar-refractivity contribution < 1.29 is 24.2 Å². The standard InChI is InChI=1S/C15H15ClO5/c1-2-21-15(20)12-5-3-4-11(13(17)8-9-16)10(12)6-7-14(18)19/h3-7H,2,8-9H2,1H3,(H,18,19)/b7-6+. The Morgan fingerprint density at radius 2 is 1.95 bits per heavy atom. The number of ketones is 1. The van der Waals surface area contributed by atoms with Gasteiger partial charge in [-0.25, -0.2) is 9.59 Å². The van der Waals surface area contributed by atoms with E-state index in [1.165, 1.54) is 18.2 Å². The second kappa shape index (κ2) is 8.21. The van der Waals surface area contributed by atoms with Gasteiger partial charge in [-0.1, -0.05) is 12.1 Å². The molecule has 21 heavy (non-hydrogen) atoms. The Hall–Kier alpha value is -2.14. The smallest absolute Gasteiger partial charge is 0.338 e. The summed E-state index contributed by atoms with van der Waals surface area (Å²) in [5, 5.41) is 8.73. The van der Waals surface area contributed by atoms with E-state index < -0.39 is 11.9 Å². The summed E-state index contributed by atoms with van der Waals surface area (Å²) < 4.78 is 4.91. The molecule has 0 aromatic heterocycles. The van der Waals surface area contributed by atoms with Gasteiger partial charge in [0.05, 0.1) is 12.2 Å². The Kier molecular flexibility index (Phi) is 6.62. The minimum atomic E-state index is -1.18. The van der Waals surface area contributed by atoms with Crippen molar-refractivity contribution in [1.29, 1.82) is 0 Å². The Balaban J connectivity index is 3.36. The zero-order valence-electron chi connectivity index (χ0n) is 11.5. The molecule has 0 fully saturated rings. The number of benzene rings is 1. The first-order valence-electron chi connectivity index (χ1n) is 6.31. The molecule has 0 heterocycles. The number of halogens is 1. The van der Waals surface area contributed by atoms with Crippen LogP contribution in [0, 0.1) is 0 Å². The highest BCUT2D eigenvalue weighted by atomic mass is 35.5. The molecule has 1 aromatic carbocycles. The molecule has 0 unspecified atom stereocenters. The number of esters is 1. The topological polar surface area (TPSA) is 80.7 Å². The third kappa shape index (κ3) is 4.72. The summed E-state index contributed by atoms with van der Waals surface area (Å²) in [6.45, 7) is 1.84. The van der Waals surface area contributed by atoms with E-state index in [1.54, 1.807) is 13.0 Å². The van der Waals surface area contributed by atoms with Gasteiger partial charge in [-0.05, 0) is 24.6 Å².